The smallest absolute Gasteiger partial charge is 0.142 e. The minimum Gasteiger partial charge on any atom is -0.490 e. The first-order chi connectivity index (χ1) is 9.29. The van der Waals surface area contributed by atoms with Gasteiger partial charge in [0.25, 0.3) is 0 Å². The van der Waals surface area contributed by atoms with E-state index in [0.29, 0.717) is 11.6 Å². The molecule has 1 heterocycles. The van der Waals surface area contributed by atoms with Gasteiger partial charge in [-0.05, 0) is 29.8 Å². The Hall–Kier alpha value is -1.51. The van der Waals surface area contributed by atoms with Crippen LogP contribution < -0.4 is 10.1 Å². The average molecular weight is 274 g/mol. The van der Waals surface area contributed by atoms with Crippen molar-refractivity contribution in [2.45, 2.75) is 13.0 Å². The number of ether oxygens (including phenoxy) is 1. The van der Waals surface area contributed by atoms with Crippen LogP contribution in [0.4, 0.5) is 0 Å². The van der Waals surface area contributed by atoms with Crippen LogP contribution in [0, 0.1) is 0 Å². The van der Waals surface area contributed by atoms with Gasteiger partial charge in [0.2, 0.25) is 0 Å². The highest BCUT2D eigenvalue weighted by Crippen LogP contribution is 2.41. The molecule has 0 saturated heterocycles. The standard InChI is InChI=1S/C16H16ClNO/c1-2-18-15-10-19-16-13(15)8-12(9-14(16)17)11-6-4-3-5-7-11/h3-9,15,18H,2,10H2,1H3. The predicted molar refractivity (Wildman–Crippen MR) is 78.8 cm³/mol. The van der Waals surface area contributed by atoms with Gasteiger partial charge in [-0.2, -0.15) is 0 Å². The summed E-state index contributed by atoms with van der Waals surface area (Å²) >= 11 is 6.34. The van der Waals surface area contributed by atoms with Gasteiger partial charge in [-0.15, -0.1) is 0 Å². The molecule has 2 aromatic carbocycles. The molecule has 0 saturated carbocycles. The van der Waals surface area contributed by atoms with E-state index in [1.54, 1.807) is 0 Å². The molecule has 0 amide bonds. The number of nitrogens with one attached hydrogen (secondary N) is 1. The second kappa shape index (κ2) is 5.24. The van der Waals surface area contributed by atoms with Gasteiger partial charge in [-0.25, -0.2) is 0 Å². The number of fused-ring (bicyclic) bond motifs is 1. The van der Waals surface area contributed by atoms with E-state index in [1.807, 2.05) is 24.3 Å². The summed E-state index contributed by atoms with van der Waals surface area (Å²) in [4.78, 5) is 0. The highest BCUT2D eigenvalue weighted by Gasteiger charge is 2.26. The quantitative estimate of drug-likeness (QED) is 0.911. The highest BCUT2D eigenvalue weighted by molar-refractivity contribution is 6.32. The highest BCUT2D eigenvalue weighted by atomic mass is 35.5. The van der Waals surface area contributed by atoms with Crippen LogP contribution in [0.5, 0.6) is 5.75 Å². The Kier molecular flexibility index (Phi) is 3.45. The Labute approximate surface area is 118 Å². The summed E-state index contributed by atoms with van der Waals surface area (Å²) < 4.78 is 5.69. The number of halogens is 1. The Morgan fingerprint density at radius 1 is 1.21 bits per heavy atom. The lowest BCUT2D eigenvalue weighted by Crippen LogP contribution is -2.21. The van der Waals surface area contributed by atoms with Crippen LogP contribution in [0.3, 0.4) is 0 Å². The third-order valence-corrected chi connectivity index (χ3v) is 3.68. The molecule has 1 aliphatic heterocycles. The van der Waals surface area contributed by atoms with Crippen molar-refractivity contribution in [2.75, 3.05) is 13.2 Å². The molecule has 1 unspecified atom stereocenters. The van der Waals surface area contributed by atoms with E-state index in [1.165, 1.54) is 5.56 Å². The Balaban J connectivity index is 2.06. The van der Waals surface area contributed by atoms with Crippen LogP contribution >= 0.6 is 11.6 Å². The number of hydrogen-bond acceptors (Lipinski definition) is 2. The van der Waals surface area contributed by atoms with E-state index < -0.39 is 0 Å². The van der Waals surface area contributed by atoms with Crippen molar-refractivity contribution in [2.24, 2.45) is 0 Å². The molecule has 0 spiro atoms. The van der Waals surface area contributed by atoms with Gasteiger partial charge >= 0.3 is 0 Å². The fraction of sp³-hybridized carbons (Fsp3) is 0.250. The third kappa shape index (κ3) is 2.34. The third-order valence-electron chi connectivity index (χ3n) is 3.40. The van der Waals surface area contributed by atoms with Crippen molar-refractivity contribution in [1.82, 2.24) is 5.32 Å². The van der Waals surface area contributed by atoms with Crippen molar-refractivity contribution in [3.05, 3.63) is 53.1 Å². The van der Waals surface area contributed by atoms with E-state index in [2.05, 4.69) is 30.4 Å². The maximum atomic E-state index is 6.34. The van der Waals surface area contributed by atoms with E-state index in [4.69, 9.17) is 16.3 Å². The lowest BCUT2D eigenvalue weighted by atomic mass is 10.00. The second-order valence-electron chi connectivity index (χ2n) is 4.66. The molecule has 1 atom stereocenters. The van der Waals surface area contributed by atoms with Crippen LogP contribution in [0.2, 0.25) is 5.02 Å². The molecule has 3 rings (SSSR count). The van der Waals surface area contributed by atoms with Crippen molar-refractivity contribution >= 4 is 11.6 Å². The lowest BCUT2D eigenvalue weighted by Gasteiger charge is -2.11. The second-order valence-corrected chi connectivity index (χ2v) is 5.07. The summed E-state index contributed by atoms with van der Waals surface area (Å²) in [5.74, 6) is 0.826. The average Bonchev–Trinajstić information content (AvgIpc) is 2.84. The Bertz CT molecular complexity index is 583. The maximum absolute atomic E-state index is 6.34. The van der Waals surface area contributed by atoms with Crippen LogP contribution in [0.1, 0.15) is 18.5 Å². The van der Waals surface area contributed by atoms with Crippen molar-refractivity contribution in [3.63, 3.8) is 0 Å². The van der Waals surface area contributed by atoms with Gasteiger partial charge in [0.15, 0.2) is 0 Å². The molecule has 2 aromatic rings. The summed E-state index contributed by atoms with van der Waals surface area (Å²) in [5.41, 5.74) is 3.47. The van der Waals surface area contributed by atoms with E-state index in [0.717, 1.165) is 23.4 Å². The minimum absolute atomic E-state index is 0.237. The molecule has 0 aromatic heterocycles. The topological polar surface area (TPSA) is 21.3 Å². The Morgan fingerprint density at radius 3 is 2.74 bits per heavy atom. The molecule has 0 fully saturated rings. The SMILES string of the molecule is CCNC1COc2c(Cl)cc(-c3ccccc3)cc21. The van der Waals surface area contributed by atoms with Crippen LogP contribution in [0.15, 0.2) is 42.5 Å². The normalized spacial score (nSPS) is 17.1. The fourth-order valence-electron chi connectivity index (χ4n) is 2.49. The largest absolute Gasteiger partial charge is 0.490 e. The molecule has 1 N–H and O–H groups in total. The monoisotopic (exact) mass is 273 g/mol. The minimum atomic E-state index is 0.237. The van der Waals surface area contributed by atoms with Crippen molar-refractivity contribution in [1.29, 1.82) is 0 Å². The molecule has 98 valence electrons. The molecule has 1 aliphatic rings. The zero-order valence-electron chi connectivity index (χ0n) is 10.8. The number of benzene rings is 2. The van der Waals surface area contributed by atoms with E-state index in [-0.39, 0.29) is 6.04 Å². The molecule has 19 heavy (non-hydrogen) atoms. The predicted octanol–water partition coefficient (Wildman–Crippen LogP) is 4.05. The van der Waals surface area contributed by atoms with E-state index >= 15 is 0 Å². The fourth-order valence-corrected chi connectivity index (χ4v) is 2.78. The van der Waals surface area contributed by atoms with Gasteiger partial charge in [0.05, 0.1) is 11.1 Å². The number of likely N-dealkylation sites (N-methyl/N-ethyl adjacent to an activating group) is 1. The van der Waals surface area contributed by atoms with Gasteiger partial charge < -0.3 is 10.1 Å². The number of rotatable bonds is 3. The molecule has 3 heteroatoms. The summed E-state index contributed by atoms with van der Waals surface area (Å²) in [6.45, 7) is 3.67. The van der Waals surface area contributed by atoms with Gasteiger partial charge in [0, 0.05) is 5.56 Å². The number of hydrogen-bond donors (Lipinski definition) is 1. The molecule has 0 radical (unpaired) electrons. The first kappa shape index (κ1) is 12.5. The lowest BCUT2D eigenvalue weighted by molar-refractivity contribution is 0.313. The van der Waals surface area contributed by atoms with Crippen LogP contribution in [-0.4, -0.2) is 13.2 Å². The summed E-state index contributed by atoms with van der Waals surface area (Å²) in [7, 11) is 0. The maximum Gasteiger partial charge on any atom is 0.142 e. The first-order valence-corrected chi connectivity index (χ1v) is 6.92. The van der Waals surface area contributed by atoms with Gasteiger partial charge in [0.1, 0.15) is 12.4 Å². The molecule has 2 nitrogen and oxygen atoms in total. The molecular formula is C16H16ClNO. The van der Waals surface area contributed by atoms with E-state index in [9.17, 15) is 0 Å². The zero-order valence-corrected chi connectivity index (χ0v) is 11.6. The van der Waals surface area contributed by atoms with Crippen molar-refractivity contribution < 1.29 is 4.74 Å². The van der Waals surface area contributed by atoms with Crippen molar-refractivity contribution in [3.8, 4) is 16.9 Å². The Morgan fingerprint density at radius 2 is 2.00 bits per heavy atom. The van der Waals surface area contributed by atoms with Gasteiger partial charge in [-0.1, -0.05) is 48.9 Å². The van der Waals surface area contributed by atoms with Crippen LogP contribution in [0.25, 0.3) is 11.1 Å². The first-order valence-electron chi connectivity index (χ1n) is 6.54. The molecular weight excluding hydrogens is 258 g/mol. The van der Waals surface area contributed by atoms with Crippen LogP contribution in [-0.2, 0) is 0 Å². The molecule has 0 aliphatic carbocycles. The molecule has 0 bridgehead atoms. The van der Waals surface area contributed by atoms with Gasteiger partial charge in [-0.3, -0.25) is 0 Å². The summed E-state index contributed by atoms with van der Waals surface area (Å²) in [6, 6.07) is 14.7. The zero-order chi connectivity index (χ0) is 13.2. The summed E-state index contributed by atoms with van der Waals surface area (Å²) in [6.07, 6.45) is 0. The summed E-state index contributed by atoms with van der Waals surface area (Å²) in [5, 5.41) is 4.11.